The highest BCUT2D eigenvalue weighted by atomic mass is 79.9. The van der Waals surface area contributed by atoms with Crippen LogP contribution < -0.4 is 4.90 Å². The highest BCUT2D eigenvalue weighted by Crippen LogP contribution is 2.64. The van der Waals surface area contributed by atoms with Crippen molar-refractivity contribution in [1.82, 2.24) is 0 Å². The van der Waals surface area contributed by atoms with Gasteiger partial charge < -0.3 is 4.90 Å². The molecule has 0 radical (unpaired) electrons. The summed E-state index contributed by atoms with van der Waals surface area (Å²) in [5.41, 5.74) is 30.5. The van der Waals surface area contributed by atoms with Crippen molar-refractivity contribution in [3.05, 3.63) is 425 Å². The Balaban J connectivity index is 0.000000162. The fraction of sp³-hybridized carbons (Fsp3) is 0.0476. The fourth-order valence-corrected chi connectivity index (χ4v) is 19.0. The SMILES string of the molecule is Brc1ccc2c(c1)C1(c3cc(-c4ccccc4)ccc3-c3cccc4cccc1c34)c1cccc3cccc-2c13.C.C.C.C#C.c1ccc(-c2ccc3c(c2)C2(c4cc(N(c5ccccc5)c5cc6ccccc6cc5-c5ccccc5)ccc4-c4cccc5cccc2c45)c2cccc4cccc-3c24)cc1. The van der Waals surface area contributed by atoms with Gasteiger partial charge in [-0.3, -0.25) is 0 Å². The second kappa shape index (κ2) is 26.7. The summed E-state index contributed by atoms with van der Waals surface area (Å²) in [7, 11) is 0. The van der Waals surface area contributed by atoms with Crippen LogP contribution in [0.25, 0.3) is 132 Å². The molecule has 0 saturated carbocycles. The maximum atomic E-state index is 4.00. The van der Waals surface area contributed by atoms with E-state index in [1.807, 2.05) is 0 Å². The van der Waals surface area contributed by atoms with Crippen LogP contribution in [0.2, 0.25) is 0 Å². The van der Waals surface area contributed by atoms with E-state index < -0.39 is 10.8 Å². The van der Waals surface area contributed by atoms with Crippen LogP contribution in [0, 0.1) is 12.8 Å². The van der Waals surface area contributed by atoms with Gasteiger partial charge in [-0.1, -0.05) is 354 Å². The van der Waals surface area contributed by atoms with E-state index in [0.29, 0.717) is 0 Å². The largest absolute Gasteiger partial charge is 0.310 e. The van der Waals surface area contributed by atoms with Gasteiger partial charge in [0.2, 0.25) is 0 Å². The lowest BCUT2D eigenvalue weighted by Crippen LogP contribution is -2.36. The minimum atomic E-state index is -0.652. The third kappa shape index (κ3) is 9.99. The Morgan fingerprint density at radius 2 is 0.523 bits per heavy atom. The van der Waals surface area contributed by atoms with E-state index in [2.05, 4.69) is 410 Å². The summed E-state index contributed by atoms with van der Waals surface area (Å²) >= 11 is 3.88. The third-order valence-electron chi connectivity index (χ3n) is 22.7. The number of terminal acetylenes is 1. The highest BCUT2D eigenvalue weighted by Gasteiger charge is 2.51. The summed E-state index contributed by atoms with van der Waals surface area (Å²) in [5, 5.41) is 12.9. The summed E-state index contributed by atoms with van der Waals surface area (Å²) in [4.78, 5) is 2.49. The molecule has 0 aromatic heterocycles. The molecule has 0 fully saturated rings. The van der Waals surface area contributed by atoms with E-state index in [-0.39, 0.29) is 22.3 Å². The van der Waals surface area contributed by atoms with Gasteiger partial charge in [0.05, 0.1) is 16.5 Å². The second-order valence-corrected chi connectivity index (χ2v) is 28.7. The van der Waals surface area contributed by atoms with Gasteiger partial charge in [0, 0.05) is 21.4 Å². The first-order valence-electron chi connectivity index (χ1n) is 35.7. The van der Waals surface area contributed by atoms with E-state index in [9.17, 15) is 0 Å². The van der Waals surface area contributed by atoms with Crippen LogP contribution in [0.15, 0.2) is 381 Å². The Labute approximate surface area is 636 Å². The molecular weight excluding hydrogens is 1360 g/mol. The maximum Gasteiger partial charge on any atom is 0.0726 e. The molecule has 2 atom stereocenters. The van der Waals surface area contributed by atoms with Crippen molar-refractivity contribution in [2.24, 2.45) is 0 Å². The number of rotatable bonds is 6. The summed E-state index contributed by atoms with van der Waals surface area (Å²) in [6.07, 6.45) is 8.00. The molecule has 0 amide bonds. The normalized spacial score (nSPS) is 14.5. The van der Waals surface area contributed by atoms with Gasteiger partial charge in [-0.05, 0) is 231 Å². The molecule has 1 nitrogen and oxygen atoms in total. The number of hydrogen-bond acceptors (Lipinski definition) is 1. The first-order valence-corrected chi connectivity index (χ1v) is 36.5. The van der Waals surface area contributed by atoms with Crippen molar-refractivity contribution < 1.29 is 0 Å². The van der Waals surface area contributed by atoms with E-state index >= 15 is 0 Å². The van der Waals surface area contributed by atoms with Crippen molar-refractivity contribution in [2.75, 3.05) is 4.90 Å². The Morgan fingerprint density at radius 1 is 0.206 bits per heavy atom. The molecule has 4 aliphatic carbocycles. The summed E-state index contributed by atoms with van der Waals surface area (Å²) in [5.74, 6) is 0. The van der Waals surface area contributed by atoms with Crippen LogP contribution >= 0.6 is 15.9 Å². The first-order chi connectivity index (χ1) is 51.5. The van der Waals surface area contributed by atoms with Crippen molar-refractivity contribution in [2.45, 2.75) is 33.1 Å². The lowest BCUT2D eigenvalue weighted by atomic mass is 9.55. The second-order valence-electron chi connectivity index (χ2n) is 27.8. The van der Waals surface area contributed by atoms with Crippen molar-refractivity contribution in [1.29, 1.82) is 0 Å². The lowest BCUT2D eigenvalue weighted by Gasteiger charge is -2.46. The Hall–Kier alpha value is -12.9. The highest BCUT2D eigenvalue weighted by molar-refractivity contribution is 9.10. The number of anilines is 3. The van der Waals surface area contributed by atoms with Crippen LogP contribution in [0.4, 0.5) is 17.1 Å². The zero-order valence-electron chi connectivity index (χ0n) is 56.8. The lowest BCUT2D eigenvalue weighted by molar-refractivity contribution is 0.754. The minimum Gasteiger partial charge on any atom is -0.310 e. The quantitative estimate of drug-likeness (QED) is 0.150. The summed E-state index contributed by atoms with van der Waals surface area (Å²) in [6, 6.07) is 140. The van der Waals surface area contributed by atoms with Crippen molar-refractivity contribution >= 4 is 86.9 Å². The summed E-state index contributed by atoms with van der Waals surface area (Å²) < 4.78 is 1.10. The molecule has 0 saturated heterocycles. The fourth-order valence-electron chi connectivity index (χ4n) is 18.6. The van der Waals surface area contributed by atoms with E-state index in [1.165, 1.54) is 176 Å². The summed E-state index contributed by atoms with van der Waals surface area (Å²) in [6.45, 7) is 0. The Bertz CT molecular complexity index is 6520. The number of halogens is 1. The van der Waals surface area contributed by atoms with E-state index in [0.717, 1.165) is 21.5 Å². The maximum absolute atomic E-state index is 4.00. The first kappa shape index (κ1) is 67.3. The van der Waals surface area contributed by atoms with Crippen LogP contribution in [0.5, 0.6) is 0 Å². The van der Waals surface area contributed by atoms with Crippen LogP contribution in [0.1, 0.15) is 66.8 Å². The number of hydrogen-bond donors (Lipinski definition) is 0. The van der Waals surface area contributed by atoms with Crippen LogP contribution in [0.3, 0.4) is 0 Å². The van der Waals surface area contributed by atoms with Gasteiger partial charge in [0.25, 0.3) is 0 Å². The standard InChI is InChI=1S/C61H39N.C39H23Br.C2H2.3CH4/c1-4-16-40(17-5-1)46-32-34-49-51-28-12-22-42-24-14-30-54(59(42)51)61(56(49)37-46)55-31-15-25-43-23-13-29-52(60(43)55)50-35-33-48(39-57(50)61)62(47-26-8-3-9-27-47)58-38-45-21-11-10-20-44(45)36-53(58)41-18-6-2-7-19-41;40-28-19-21-30-32-15-5-11-26-13-7-17-34(38(26)32)39(36(30)23-28)33-16-6-12-25-10-4-14-31(37(25)33)29-20-18-27(22-35(29)39)24-8-2-1-3-9-24;1-2;;;/h1-39H;1-23H;1-2H;3*1H4. The number of nitrogens with zero attached hydrogens (tertiary/aromatic N) is 1. The zero-order valence-corrected chi connectivity index (χ0v) is 58.4. The molecule has 22 rings (SSSR count). The average Bonchev–Trinajstić information content (AvgIpc) is 0.674. The monoisotopic (exact) mass is 1430 g/mol. The average molecular weight is 1430 g/mol. The number of para-hydroxylation sites is 1. The molecule has 0 heterocycles. The Morgan fingerprint density at radius 3 is 0.935 bits per heavy atom. The van der Waals surface area contributed by atoms with Gasteiger partial charge in [-0.15, -0.1) is 12.8 Å². The minimum absolute atomic E-state index is 0. The molecular formula is C105H76BrN. The van der Waals surface area contributed by atoms with Gasteiger partial charge in [0.1, 0.15) is 0 Å². The predicted octanol–water partition coefficient (Wildman–Crippen LogP) is 29.2. The molecule has 508 valence electrons. The van der Waals surface area contributed by atoms with E-state index in [4.69, 9.17) is 0 Å². The number of benzene rings is 18. The zero-order chi connectivity index (χ0) is 69.2. The topological polar surface area (TPSA) is 3.24 Å². The van der Waals surface area contributed by atoms with Gasteiger partial charge in [-0.25, -0.2) is 0 Å². The predicted molar refractivity (Wildman–Crippen MR) is 462 cm³/mol. The molecule has 2 heteroatoms. The molecule has 18 aromatic rings. The van der Waals surface area contributed by atoms with Gasteiger partial charge in [0.15, 0.2) is 0 Å². The van der Waals surface area contributed by atoms with Crippen LogP contribution in [-0.2, 0) is 10.8 Å². The molecule has 2 unspecified atom stereocenters. The third-order valence-corrected chi connectivity index (χ3v) is 23.2. The molecule has 4 aliphatic rings. The smallest absolute Gasteiger partial charge is 0.0726 e. The molecule has 0 bridgehead atoms. The van der Waals surface area contributed by atoms with E-state index in [1.54, 1.807) is 0 Å². The Kier molecular flexibility index (Phi) is 16.8. The molecule has 107 heavy (non-hydrogen) atoms. The molecule has 18 aromatic carbocycles. The van der Waals surface area contributed by atoms with Crippen molar-refractivity contribution in [3.63, 3.8) is 0 Å². The van der Waals surface area contributed by atoms with Crippen molar-refractivity contribution in [3.8, 4) is 90.7 Å². The van der Waals surface area contributed by atoms with Gasteiger partial charge in [-0.2, -0.15) is 0 Å². The van der Waals surface area contributed by atoms with Gasteiger partial charge >= 0.3 is 0 Å². The number of fused-ring (bicyclic) bond motifs is 17. The van der Waals surface area contributed by atoms with Crippen LogP contribution in [-0.4, -0.2) is 0 Å². The molecule has 0 N–H and O–H groups in total. The molecule has 2 spiro atoms. The molecule has 0 aliphatic heterocycles.